The molecule has 3 saturated heterocycles. The summed E-state index contributed by atoms with van der Waals surface area (Å²) < 4.78 is 33.5. The molecule has 0 amide bonds. The molecule has 0 bridgehead atoms. The Morgan fingerprint density at radius 3 is 2.03 bits per heavy atom. The maximum Gasteiger partial charge on any atom is 0.187 e. The van der Waals surface area contributed by atoms with Gasteiger partial charge in [0.25, 0.3) is 0 Å². The topological polar surface area (TPSA) is 217 Å². The molecule has 0 aromatic carbocycles. The fourth-order valence-corrected chi connectivity index (χ4v) is 4.24. The molecule has 0 radical (unpaired) electrons. The molecule has 14 heteroatoms. The van der Waals surface area contributed by atoms with Crippen molar-refractivity contribution in [3.8, 4) is 0 Å². The molecule has 3 heterocycles. The zero-order chi connectivity index (χ0) is 25.7. The first-order valence-electron chi connectivity index (χ1n) is 11.8. The van der Waals surface area contributed by atoms with Crippen LogP contribution in [0.15, 0.2) is 0 Å². The predicted octanol–water partition coefficient (Wildman–Crippen LogP) is -4.08. The minimum Gasteiger partial charge on any atom is -0.394 e. The van der Waals surface area contributed by atoms with E-state index in [2.05, 4.69) is 0 Å². The average molecular weight is 515 g/mol. The highest BCUT2D eigenvalue weighted by Crippen LogP contribution is 2.30. The Morgan fingerprint density at radius 2 is 1.37 bits per heavy atom. The van der Waals surface area contributed by atoms with Gasteiger partial charge in [-0.15, -0.1) is 0 Å². The van der Waals surface area contributed by atoms with Crippen molar-refractivity contribution in [2.24, 2.45) is 0 Å². The molecule has 3 fully saturated rings. The number of rotatable bonds is 10. The SMILES string of the molecule is CCCO[C@H]1O[C@H](CO[C@H]2O[C@H](CO)C[C@H](O)[C@@H]2O)C[C@H](O[C@H]2O[C@H](CO)[C@@H](O)[C@H](O)[C@@H]2O)[C@@H]1O. The number of aliphatic hydroxyl groups is 8. The Bertz CT molecular complexity index is 625. The van der Waals surface area contributed by atoms with Crippen LogP contribution in [0, 0.1) is 0 Å². The van der Waals surface area contributed by atoms with E-state index >= 15 is 0 Å². The molecule has 0 unspecified atom stereocenters. The lowest BCUT2D eigenvalue weighted by atomic mass is 9.98. The van der Waals surface area contributed by atoms with E-state index in [0.717, 1.165) is 0 Å². The van der Waals surface area contributed by atoms with Crippen molar-refractivity contribution in [3.63, 3.8) is 0 Å². The van der Waals surface area contributed by atoms with Crippen LogP contribution in [0.2, 0.25) is 0 Å². The lowest BCUT2D eigenvalue weighted by Crippen LogP contribution is -2.61. The Balaban J connectivity index is 1.66. The van der Waals surface area contributed by atoms with Crippen LogP contribution in [-0.4, -0.2) is 147 Å². The minimum atomic E-state index is -1.66. The second kappa shape index (κ2) is 13.3. The van der Waals surface area contributed by atoms with Gasteiger partial charge < -0.3 is 69.3 Å². The summed E-state index contributed by atoms with van der Waals surface area (Å²) in [4.78, 5) is 0. The van der Waals surface area contributed by atoms with Gasteiger partial charge in [0.2, 0.25) is 0 Å². The maximum atomic E-state index is 10.8. The number of ether oxygens (including phenoxy) is 6. The third-order valence-electron chi connectivity index (χ3n) is 6.28. The van der Waals surface area contributed by atoms with Crippen LogP contribution in [0.3, 0.4) is 0 Å². The lowest BCUT2D eigenvalue weighted by molar-refractivity contribution is -0.347. The summed E-state index contributed by atoms with van der Waals surface area (Å²) in [5, 5.41) is 79.9. The predicted molar refractivity (Wildman–Crippen MR) is 112 cm³/mol. The van der Waals surface area contributed by atoms with E-state index in [1.807, 2.05) is 6.92 Å². The first kappa shape index (κ1) is 29.0. The van der Waals surface area contributed by atoms with Crippen molar-refractivity contribution >= 4 is 0 Å². The summed E-state index contributed by atoms with van der Waals surface area (Å²) in [7, 11) is 0. The van der Waals surface area contributed by atoms with E-state index in [0.29, 0.717) is 6.42 Å². The summed E-state index contributed by atoms with van der Waals surface area (Å²) in [5.41, 5.74) is 0. The molecular formula is C21H38O14. The van der Waals surface area contributed by atoms with Crippen molar-refractivity contribution in [1.82, 2.24) is 0 Å². The monoisotopic (exact) mass is 514 g/mol. The first-order chi connectivity index (χ1) is 16.7. The molecule has 3 aliphatic rings. The second-order valence-electron chi connectivity index (χ2n) is 9.03. The molecule has 0 aromatic rings. The van der Waals surface area contributed by atoms with Crippen molar-refractivity contribution in [2.75, 3.05) is 26.4 Å². The number of hydrogen-bond acceptors (Lipinski definition) is 14. The molecular weight excluding hydrogens is 476 g/mol. The largest absolute Gasteiger partial charge is 0.394 e. The van der Waals surface area contributed by atoms with Crippen LogP contribution in [0.5, 0.6) is 0 Å². The van der Waals surface area contributed by atoms with E-state index < -0.39 is 86.5 Å². The molecule has 35 heavy (non-hydrogen) atoms. The van der Waals surface area contributed by atoms with Gasteiger partial charge >= 0.3 is 0 Å². The highest BCUT2D eigenvalue weighted by molar-refractivity contribution is 4.91. The molecule has 13 atom stereocenters. The summed E-state index contributed by atoms with van der Waals surface area (Å²) in [6.45, 7) is 0.959. The molecule has 0 spiro atoms. The van der Waals surface area contributed by atoms with Crippen LogP contribution in [-0.2, 0) is 28.4 Å². The Morgan fingerprint density at radius 1 is 0.686 bits per heavy atom. The summed E-state index contributed by atoms with van der Waals surface area (Å²) in [6, 6.07) is 0. The van der Waals surface area contributed by atoms with Gasteiger partial charge in [-0.25, -0.2) is 0 Å². The van der Waals surface area contributed by atoms with Crippen LogP contribution in [0.25, 0.3) is 0 Å². The number of aliphatic hydroxyl groups excluding tert-OH is 8. The molecule has 0 saturated carbocycles. The average Bonchev–Trinajstić information content (AvgIpc) is 2.85. The van der Waals surface area contributed by atoms with Crippen molar-refractivity contribution in [1.29, 1.82) is 0 Å². The van der Waals surface area contributed by atoms with Crippen LogP contribution >= 0.6 is 0 Å². The quantitative estimate of drug-likeness (QED) is 0.139. The second-order valence-corrected chi connectivity index (χ2v) is 9.03. The van der Waals surface area contributed by atoms with Crippen LogP contribution in [0.4, 0.5) is 0 Å². The molecule has 3 rings (SSSR count). The van der Waals surface area contributed by atoms with Gasteiger partial charge in [-0.2, -0.15) is 0 Å². The summed E-state index contributed by atoms with van der Waals surface area (Å²) in [5.74, 6) is 0. The molecule has 0 aromatic heterocycles. The third-order valence-corrected chi connectivity index (χ3v) is 6.28. The van der Waals surface area contributed by atoms with Gasteiger partial charge in [0.1, 0.15) is 36.6 Å². The highest BCUT2D eigenvalue weighted by atomic mass is 16.7. The normalized spacial score (nSPS) is 47.1. The van der Waals surface area contributed by atoms with Gasteiger partial charge in [-0.05, 0) is 6.42 Å². The lowest BCUT2D eigenvalue weighted by Gasteiger charge is -2.44. The summed E-state index contributed by atoms with van der Waals surface area (Å²) >= 11 is 0. The zero-order valence-corrected chi connectivity index (χ0v) is 19.5. The Hall–Kier alpha value is -0.560. The minimum absolute atomic E-state index is 0.0109. The summed E-state index contributed by atoms with van der Waals surface area (Å²) in [6.07, 6.45) is -15.5. The fourth-order valence-electron chi connectivity index (χ4n) is 4.24. The third kappa shape index (κ3) is 7.06. The molecule has 8 N–H and O–H groups in total. The van der Waals surface area contributed by atoms with Gasteiger partial charge in [0.15, 0.2) is 18.9 Å². The zero-order valence-electron chi connectivity index (χ0n) is 19.5. The van der Waals surface area contributed by atoms with E-state index in [1.165, 1.54) is 0 Å². The van der Waals surface area contributed by atoms with E-state index in [4.69, 9.17) is 28.4 Å². The molecule has 0 aliphatic carbocycles. The van der Waals surface area contributed by atoms with Crippen LogP contribution in [0.1, 0.15) is 26.2 Å². The fraction of sp³-hybridized carbons (Fsp3) is 1.00. The standard InChI is InChI=1S/C21H38O14/c1-2-3-30-20-16(27)12(34-21-18(29)17(28)15(26)13(7-23)35-21)5-10(33-20)8-31-19-14(25)11(24)4-9(6-22)32-19/h9-29H,2-8H2,1H3/t9-,10-,11-,12-,13+,14-,15+,16-,17-,18-,19-,20-,21-/m0/s1. The first-order valence-corrected chi connectivity index (χ1v) is 11.8. The van der Waals surface area contributed by atoms with Crippen LogP contribution < -0.4 is 0 Å². The van der Waals surface area contributed by atoms with Gasteiger partial charge in [0, 0.05) is 19.4 Å². The molecule has 14 nitrogen and oxygen atoms in total. The molecule has 206 valence electrons. The smallest absolute Gasteiger partial charge is 0.187 e. The van der Waals surface area contributed by atoms with E-state index in [9.17, 15) is 40.9 Å². The number of hydrogen-bond donors (Lipinski definition) is 8. The van der Waals surface area contributed by atoms with Gasteiger partial charge in [-0.3, -0.25) is 0 Å². The van der Waals surface area contributed by atoms with Crippen molar-refractivity contribution in [2.45, 2.75) is 106 Å². The molecule has 3 aliphatic heterocycles. The highest BCUT2D eigenvalue weighted by Gasteiger charge is 2.48. The van der Waals surface area contributed by atoms with Gasteiger partial charge in [0.05, 0.1) is 44.2 Å². The maximum absolute atomic E-state index is 10.8. The van der Waals surface area contributed by atoms with E-state index in [-0.39, 0.29) is 32.7 Å². The van der Waals surface area contributed by atoms with E-state index in [1.54, 1.807) is 0 Å². The van der Waals surface area contributed by atoms with Gasteiger partial charge in [-0.1, -0.05) is 6.92 Å². The Labute approximate surface area is 202 Å². The van der Waals surface area contributed by atoms with Crippen molar-refractivity contribution in [3.05, 3.63) is 0 Å². The Kier molecular flexibility index (Phi) is 11.0. The van der Waals surface area contributed by atoms with Crippen molar-refractivity contribution < 1.29 is 69.3 Å².